The molecule has 0 spiro atoms. The molecule has 0 radical (unpaired) electrons. The zero-order valence-electron chi connectivity index (χ0n) is 8.77. The Balaban J connectivity index is 3.76. The Labute approximate surface area is 85.7 Å². The average molecular weight is 225 g/mol. The molecule has 6 heteroatoms. The van der Waals surface area contributed by atoms with Crippen molar-refractivity contribution in [2.75, 3.05) is 39.5 Å². The zero-order chi connectivity index (χ0) is 11.2. The third-order valence-corrected chi connectivity index (χ3v) is 2.87. The normalized spacial score (nSPS) is 13.1. The Kier molecular flexibility index (Phi) is 5.58. The second-order valence-electron chi connectivity index (χ2n) is 4.08. The number of aliphatic hydroxyl groups is 1. The maximum absolute atomic E-state index is 10.3. The Morgan fingerprint density at radius 2 is 1.71 bits per heavy atom. The summed E-state index contributed by atoms with van der Waals surface area (Å²) in [6, 6.07) is 0. The summed E-state index contributed by atoms with van der Waals surface area (Å²) in [4.78, 5) is 0. The highest BCUT2D eigenvalue weighted by Crippen LogP contribution is 2.02. The van der Waals surface area contributed by atoms with Gasteiger partial charge in [-0.1, -0.05) is 0 Å². The van der Waals surface area contributed by atoms with Gasteiger partial charge in [0.1, 0.15) is 0 Å². The van der Waals surface area contributed by atoms with Crippen LogP contribution in [0.5, 0.6) is 0 Å². The van der Waals surface area contributed by atoms with Gasteiger partial charge in [-0.25, -0.2) is 8.42 Å². The van der Waals surface area contributed by atoms with Crippen molar-refractivity contribution in [3.63, 3.8) is 0 Å². The molecule has 0 unspecified atom stereocenters. The first-order valence-corrected chi connectivity index (χ1v) is 6.21. The predicted molar refractivity (Wildman–Crippen MR) is 52.7 cm³/mol. The van der Waals surface area contributed by atoms with Crippen molar-refractivity contribution in [3.05, 3.63) is 0 Å². The first-order chi connectivity index (χ1) is 6.27. The van der Waals surface area contributed by atoms with Crippen LogP contribution >= 0.6 is 0 Å². The second-order valence-corrected chi connectivity index (χ2v) is 5.60. The van der Waals surface area contributed by atoms with Crippen molar-refractivity contribution in [1.82, 2.24) is 0 Å². The topological polar surface area (TPSA) is 77.4 Å². The van der Waals surface area contributed by atoms with Crippen LogP contribution in [-0.2, 0) is 10.1 Å². The Hall–Kier alpha value is -0.170. The van der Waals surface area contributed by atoms with E-state index in [4.69, 9.17) is 5.11 Å². The van der Waals surface area contributed by atoms with Crippen LogP contribution in [0.15, 0.2) is 0 Å². The molecular weight excluding hydrogens is 206 g/mol. The molecule has 0 fully saturated rings. The van der Waals surface area contributed by atoms with E-state index >= 15 is 0 Å². The third-order valence-electron chi connectivity index (χ3n) is 2.08. The molecule has 14 heavy (non-hydrogen) atoms. The van der Waals surface area contributed by atoms with E-state index < -0.39 is 10.1 Å². The summed E-state index contributed by atoms with van der Waals surface area (Å²) < 4.78 is 31.6. The predicted octanol–water partition coefficient (Wildman–Crippen LogP) is -0.619. The van der Waals surface area contributed by atoms with Crippen LogP contribution in [0.25, 0.3) is 0 Å². The van der Waals surface area contributed by atoms with Crippen molar-refractivity contribution >= 4 is 10.1 Å². The maximum Gasteiger partial charge on any atom is 0.0948 e. The Morgan fingerprint density at radius 3 is 2.14 bits per heavy atom. The highest BCUT2D eigenvalue weighted by molar-refractivity contribution is 7.85. The number of hydrogen-bond acceptors (Lipinski definition) is 4. The van der Waals surface area contributed by atoms with Gasteiger partial charge in [0.05, 0.1) is 37.3 Å². The molecule has 0 saturated heterocycles. The molecule has 0 aromatic rings. The highest BCUT2D eigenvalue weighted by atomic mass is 32.2. The van der Waals surface area contributed by atoms with Gasteiger partial charge in [0.2, 0.25) is 0 Å². The smallest absolute Gasteiger partial charge is 0.0948 e. The van der Waals surface area contributed by atoms with Gasteiger partial charge in [0, 0.05) is 25.2 Å². The summed E-state index contributed by atoms with van der Waals surface area (Å²) in [6.07, 6.45) is 1.07. The fourth-order valence-electron chi connectivity index (χ4n) is 1.28. The molecule has 0 amide bonds. The van der Waals surface area contributed by atoms with E-state index in [1.54, 1.807) is 0 Å². The molecule has 0 aliphatic carbocycles. The molecule has 0 aromatic heterocycles. The summed E-state index contributed by atoms with van der Waals surface area (Å²) in [5.74, 6) is -0.298. The minimum atomic E-state index is -4.08. The molecule has 0 bridgehead atoms. The highest BCUT2D eigenvalue weighted by Gasteiger charge is 2.14. The number of hydrogen-bond donors (Lipinski definition) is 1. The van der Waals surface area contributed by atoms with Crippen molar-refractivity contribution in [3.8, 4) is 0 Å². The van der Waals surface area contributed by atoms with Crippen LogP contribution in [0, 0.1) is 0 Å². The van der Waals surface area contributed by atoms with Crippen molar-refractivity contribution in [1.29, 1.82) is 0 Å². The van der Waals surface area contributed by atoms with Gasteiger partial charge < -0.3 is 14.1 Å². The summed E-state index contributed by atoms with van der Waals surface area (Å²) >= 11 is 0. The molecule has 0 saturated carbocycles. The lowest BCUT2D eigenvalue weighted by Gasteiger charge is -2.29. The minimum absolute atomic E-state index is 0.140. The third kappa shape index (κ3) is 8.43. The van der Waals surface area contributed by atoms with E-state index in [1.807, 2.05) is 14.1 Å². The van der Waals surface area contributed by atoms with Crippen LogP contribution in [-0.4, -0.2) is 62.1 Å². The van der Waals surface area contributed by atoms with Crippen LogP contribution in [0.1, 0.15) is 12.8 Å². The fraction of sp³-hybridized carbons (Fsp3) is 1.00. The maximum atomic E-state index is 10.3. The molecule has 1 N–H and O–H groups in total. The van der Waals surface area contributed by atoms with Gasteiger partial charge in [-0.3, -0.25) is 0 Å². The Bertz CT molecular complexity index is 248. The number of aliphatic hydroxyl groups excluding tert-OH is 1. The van der Waals surface area contributed by atoms with Crippen LogP contribution < -0.4 is 0 Å². The molecule has 0 rings (SSSR count). The molecule has 86 valence electrons. The van der Waals surface area contributed by atoms with Gasteiger partial charge >= 0.3 is 0 Å². The van der Waals surface area contributed by atoms with Gasteiger partial charge in [-0.2, -0.15) is 0 Å². The second kappa shape index (κ2) is 5.65. The molecule has 0 aliphatic heterocycles. The zero-order valence-corrected chi connectivity index (χ0v) is 9.59. The van der Waals surface area contributed by atoms with Crippen LogP contribution in [0.3, 0.4) is 0 Å². The van der Waals surface area contributed by atoms with Gasteiger partial charge in [0.15, 0.2) is 0 Å². The quantitative estimate of drug-likeness (QED) is 0.463. The lowest BCUT2D eigenvalue weighted by molar-refractivity contribution is -0.890. The molecule has 5 nitrogen and oxygen atoms in total. The van der Waals surface area contributed by atoms with E-state index in [1.165, 1.54) is 0 Å². The van der Waals surface area contributed by atoms with Crippen molar-refractivity contribution < 1.29 is 22.6 Å². The first kappa shape index (κ1) is 13.8. The van der Waals surface area contributed by atoms with E-state index in [2.05, 4.69) is 0 Å². The first-order valence-electron chi connectivity index (χ1n) is 4.63. The molecule has 0 heterocycles. The Morgan fingerprint density at radius 1 is 1.21 bits per heavy atom. The summed E-state index contributed by atoms with van der Waals surface area (Å²) in [5, 5.41) is 8.63. The van der Waals surface area contributed by atoms with Gasteiger partial charge in [-0.15, -0.1) is 0 Å². The van der Waals surface area contributed by atoms with Crippen LogP contribution in [0.2, 0.25) is 0 Å². The van der Waals surface area contributed by atoms with E-state index in [0.29, 0.717) is 23.9 Å². The van der Waals surface area contributed by atoms with Crippen molar-refractivity contribution in [2.45, 2.75) is 12.8 Å². The SMILES string of the molecule is C[N+](C)(CCCO)CCCS(=O)(=O)[O-]. The minimum Gasteiger partial charge on any atom is -0.748 e. The van der Waals surface area contributed by atoms with Gasteiger partial charge in [-0.05, 0) is 0 Å². The summed E-state index contributed by atoms with van der Waals surface area (Å²) in [5.41, 5.74) is 0. The van der Waals surface area contributed by atoms with Crippen molar-refractivity contribution in [2.24, 2.45) is 0 Å². The standard InChI is InChI=1S/C8H19NO4S/c1-9(2,5-3-7-10)6-4-8-14(11,12)13/h10H,3-8H2,1-2H3. The largest absolute Gasteiger partial charge is 0.748 e. The molecule has 0 aliphatic rings. The number of rotatable bonds is 7. The summed E-state index contributed by atoms with van der Waals surface area (Å²) in [7, 11) is -0.173. The monoisotopic (exact) mass is 225 g/mol. The number of nitrogens with zero attached hydrogens (tertiary/aromatic N) is 1. The lowest BCUT2D eigenvalue weighted by atomic mass is 10.3. The molecular formula is C8H19NO4S. The summed E-state index contributed by atoms with van der Waals surface area (Å²) in [6.45, 7) is 1.57. The molecule has 0 aromatic carbocycles. The average Bonchev–Trinajstić information content (AvgIpc) is 1.98. The lowest BCUT2D eigenvalue weighted by Crippen LogP contribution is -2.42. The van der Waals surface area contributed by atoms with E-state index in [9.17, 15) is 13.0 Å². The van der Waals surface area contributed by atoms with E-state index in [0.717, 1.165) is 6.54 Å². The van der Waals surface area contributed by atoms with E-state index in [-0.39, 0.29) is 12.4 Å². The van der Waals surface area contributed by atoms with Crippen LogP contribution in [0.4, 0.5) is 0 Å². The number of quaternary nitrogens is 1. The molecule has 0 atom stereocenters. The van der Waals surface area contributed by atoms with Gasteiger partial charge in [0.25, 0.3) is 0 Å². The fourth-order valence-corrected chi connectivity index (χ4v) is 1.76.